The number of fused-ring (bicyclic) bond motifs is 3. The van der Waals surface area contributed by atoms with Crippen LogP contribution >= 0.6 is 0 Å². The fourth-order valence-corrected chi connectivity index (χ4v) is 6.05. The van der Waals surface area contributed by atoms with E-state index in [2.05, 4.69) is 29.6 Å². The average Bonchev–Trinajstić information content (AvgIpc) is 3.55. The predicted octanol–water partition coefficient (Wildman–Crippen LogP) is 4.41. The van der Waals surface area contributed by atoms with Crippen molar-refractivity contribution >= 4 is 18.0 Å². The van der Waals surface area contributed by atoms with Crippen LogP contribution in [0, 0.1) is 11.8 Å². The number of alkyl carbamates (subject to hydrolysis) is 1. The highest BCUT2D eigenvalue weighted by Gasteiger charge is 2.33. The molecule has 0 aromatic heterocycles. The van der Waals surface area contributed by atoms with Gasteiger partial charge in [-0.25, -0.2) is 4.79 Å². The van der Waals surface area contributed by atoms with Crippen LogP contribution in [0.15, 0.2) is 48.5 Å². The van der Waals surface area contributed by atoms with E-state index in [1.807, 2.05) is 24.3 Å². The molecule has 2 fully saturated rings. The van der Waals surface area contributed by atoms with Crippen molar-refractivity contribution in [2.24, 2.45) is 11.8 Å². The molecule has 1 saturated heterocycles. The third-order valence-corrected chi connectivity index (χ3v) is 7.77. The first-order valence-electron chi connectivity index (χ1n) is 12.6. The molecule has 7 heteroatoms. The summed E-state index contributed by atoms with van der Waals surface area (Å²) in [6.07, 6.45) is 3.44. The minimum atomic E-state index is -0.803. The van der Waals surface area contributed by atoms with Crippen LogP contribution in [-0.2, 0) is 14.3 Å². The molecule has 2 aromatic carbocycles. The molecule has 0 bridgehead atoms. The van der Waals surface area contributed by atoms with Crippen molar-refractivity contribution < 1.29 is 24.2 Å². The quantitative estimate of drug-likeness (QED) is 0.617. The lowest BCUT2D eigenvalue weighted by molar-refractivity contribution is -0.138. The summed E-state index contributed by atoms with van der Waals surface area (Å²) in [5.41, 5.74) is 4.78. The number of carboxylic acids is 1. The van der Waals surface area contributed by atoms with Crippen LogP contribution in [0.2, 0.25) is 0 Å². The summed E-state index contributed by atoms with van der Waals surface area (Å²) in [5, 5.41) is 12.0. The number of rotatable bonds is 7. The molecule has 7 nitrogen and oxygen atoms in total. The normalized spacial score (nSPS) is 23.1. The molecule has 3 aliphatic rings. The summed E-state index contributed by atoms with van der Waals surface area (Å²) in [7, 11) is 0. The predicted molar refractivity (Wildman–Crippen MR) is 131 cm³/mol. The zero-order valence-electron chi connectivity index (χ0n) is 19.8. The van der Waals surface area contributed by atoms with Crippen LogP contribution in [0.3, 0.4) is 0 Å². The van der Waals surface area contributed by atoms with Crippen molar-refractivity contribution in [2.45, 2.75) is 50.5 Å². The van der Waals surface area contributed by atoms with Crippen LogP contribution in [0.4, 0.5) is 4.79 Å². The standard InChI is InChI=1S/C28H32N2O5/c31-26(30-12-11-19(16-30)15-27(32)33)14-18-9-10-20(13-18)29-28(34)35-17-25-23-7-3-1-5-21(23)22-6-2-4-8-24(22)25/h1-8,18-20,25H,9-17H2,(H,29,34)(H,32,33). The maximum atomic E-state index is 12.7. The van der Waals surface area contributed by atoms with E-state index in [9.17, 15) is 14.4 Å². The van der Waals surface area contributed by atoms with Gasteiger partial charge in [0.1, 0.15) is 6.61 Å². The van der Waals surface area contributed by atoms with Crippen LogP contribution in [0.25, 0.3) is 11.1 Å². The Morgan fingerprint density at radius 2 is 1.60 bits per heavy atom. The molecule has 1 saturated carbocycles. The number of likely N-dealkylation sites (tertiary alicyclic amines) is 1. The number of amides is 2. The highest BCUT2D eigenvalue weighted by molar-refractivity contribution is 5.79. The first kappa shape index (κ1) is 23.4. The van der Waals surface area contributed by atoms with Gasteiger partial charge in [-0.05, 0) is 59.8 Å². The monoisotopic (exact) mass is 476 g/mol. The minimum absolute atomic E-state index is 0.0155. The lowest BCUT2D eigenvalue weighted by atomic mass is 9.98. The number of hydrogen-bond acceptors (Lipinski definition) is 4. The Morgan fingerprint density at radius 3 is 2.29 bits per heavy atom. The van der Waals surface area contributed by atoms with Gasteiger partial charge in [0, 0.05) is 37.9 Å². The number of hydrogen-bond donors (Lipinski definition) is 2. The van der Waals surface area contributed by atoms with E-state index in [4.69, 9.17) is 9.84 Å². The Hall–Kier alpha value is -3.35. The third-order valence-electron chi connectivity index (χ3n) is 7.77. The van der Waals surface area contributed by atoms with Crippen LogP contribution < -0.4 is 5.32 Å². The van der Waals surface area contributed by atoms with E-state index in [0.717, 1.165) is 25.7 Å². The van der Waals surface area contributed by atoms with Crippen LogP contribution in [0.5, 0.6) is 0 Å². The van der Waals surface area contributed by atoms with Crippen LogP contribution in [-0.4, -0.2) is 53.7 Å². The molecule has 3 atom stereocenters. The van der Waals surface area contributed by atoms with Crippen molar-refractivity contribution in [1.29, 1.82) is 0 Å². The van der Waals surface area contributed by atoms with Crippen molar-refractivity contribution in [3.63, 3.8) is 0 Å². The van der Waals surface area contributed by atoms with Gasteiger partial charge in [-0.1, -0.05) is 48.5 Å². The summed E-state index contributed by atoms with van der Waals surface area (Å²) in [5.74, 6) is -0.373. The number of carboxylic acid groups (broad SMARTS) is 1. The summed E-state index contributed by atoms with van der Waals surface area (Å²) >= 11 is 0. The Labute approximate surface area is 205 Å². The summed E-state index contributed by atoms with van der Waals surface area (Å²) < 4.78 is 5.67. The molecule has 2 N–H and O–H groups in total. The Bertz CT molecular complexity index is 1070. The van der Waals surface area contributed by atoms with E-state index in [1.54, 1.807) is 4.90 Å². The second-order valence-electron chi connectivity index (χ2n) is 10.1. The molecule has 0 radical (unpaired) electrons. The molecular formula is C28H32N2O5. The molecule has 184 valence electrons. The Balaban J connectivity index is 1.08. The van der Waals surface area contributed by atoms with Crippen LogP contribution in [0.1, 0.15) is 55.6 Å². The smallest absolute Gasteiger partial charge is 0.407 e. The molecule has 1 heterocycles. The number of carbonyl (C=O) groups excluding carboxylic acids is 2. The van der Waals surface area contributed by atoms with Gasteiger partial charge >= 0.3 is 12.1 Å². The van der Waals surface area contributed by atoms with Gasteiger partial charge in [0.2, 0.25) is 5.91 Å². The first-order valence-corrected chi connectivity index (χ1v) is 12.6. The lowest BCUT2D eigenvalue weighted by Crippen LogP contribution is -2.34. The largest absolute Gasteiger partial charge is 0.481 e. The number of ether oxygens (including phenoxy) is 1. The number of nitrogens with zero attached hydrogens (tertiary/aromatic N) is 1. The van der Waals surface area contributed by atoms with Gasteiger partial charge in [-0.15, -0.1) is 0 Å². The summed E-state index contributed by atoms with van der Waals surface area (Å²) in [6.45, 7) is 1.48. The highest BCUT2D eigenvalue weighted by Crippen LogP contribution is 2.44. The number of aliphatic carboxylic acids is 1. The van der Waals surface area contributed by atoms with Gasteiger partial charge in [-0.2, -0.15) is 0 Å². The minimum Gasteiger partial charge on any atom is -0.481 e. The zero-order chi connectivity index (χ0) is 24.4. The molecule has 2 aromatic rings. The molecule has 2 amide bonds. The van der Waals surface area contributed by atoms with Gasteiger partial charge in [0.05, 0.1) is 0 Å². The van der Waals surface area contributed by atoms with Gasteiger partial charge in [0.15, 0.2) is 0 Å². The SMILES string of the molecule is O=C(O)CC1CCN(C(=O)CC2CCC(NC(=O)OCC3c4ccccc4-c4ccccc43)C2)C1. The molecule has 2 aliphatic carbocycles. The lowest BCUT2D eigenvalue weighted by Gasteiger charge is -2.19. The summed E-state index contributed by atoms with van der Waals surface area (Å²) in [6, 6.07) is 16.6. The van der Waals surface area contributed by atoms with Crippen molar-refractivity contribution in [2.75, 3.05) is 19.7 Å². The average molecular weight is 477 g/mol. The Kier molecular flexibility index (Phi) is 6.75. The molecule has 5 rings (SSSR count). The molecule has 1 aliphatic heterocycles. The van der Waals surface area contributed by atoms with Crippen molar-refractivity contribution in [3.05, 3.63) is 59.7 Å². The maximum Gasteiger partial charge on any atom is 0.407 e. The number of carbonyl (C=O) groups is 3. The number of nitrogens with one attached hydrogen (secondary N) is 1. The fraction of sp³-hybridized carbons (Fsp3) is 0.464. The van der Waals surface area contributed by atoms with E-state index >= 15 is 0 Å². The molecule has 0 spiro atoms. The van der Waals surface area contributed by atoms with Gasteiger partial charge < -0.3 is 20.1 Å². The van der Waals surface area contributed by atoms with Gasteiger partial charge in [0.25, 0.3) is 0 Å². The van der Waals surface area contributed by atoms with Crippen molar-refractivity contribution in [3.8, 4) is 11.1 Å². The topological polar surface area (TPSA) is 95.9 Å². The fourth-order valence-electron chi connectivity index (χ4n) is 6.05. The number of benzene rings is 2. The second-order valence-corrected chi connectivity index (χ2v) is 10.1. The second kappa shape index (κ2) is 10.1. The molecule has 3 unspecified atom stereocenters. The third kappa shape index (κ3) is 5.19. The van der Waals surface area contributed by atoms with E-state index in [1.165, 1.54) is 22.3 Å². The molecular weight excluding hydrogens is 444 g/mol. The zero-order valence-corrected chi connectivity index (χ0v) is 19.8. The Morgan fingerprint density at radius 1 is 0.914 bits per heavy atom. The summed E-state index contributed by atoms with van der Waals surface area (Å²) in [4.78, 5) is 38.0. The van der Waals surface area contributed by atoms with E-state index < -0.39 is 12.1 Å². The van der Waals surface area contributed by atoms with E-state index in [0.29, 0.717) is 26.1 Å². The first-order chi connectivity index (χ1) is 17.0. The van der Waals surface area contributed by atoms with Gasteiger partial charge in [-0.3, -0.25) is 9.59 Å². The molecule has 35 heavy (non-hydrogen) atoms. The highest BCUT2D eigenvalue weighted by atomic mass is 16.5. The van der Waals surface area contributed by atoms with Crippen molar-refractivity contribution in [1.82, 2.24) is 10.2 Å². The maximum absolute atomic E-state index is 12.7. The van der Waals surface area contributed by atoms with E-state index in [-0.39, 0.29) is 36.1 Å².